The van der Waals surface area contributed by atoms with Crippen molar-refractivity contribution in [3.05, 3.63) is 70.9 Å². The SMILES string of the molecule is [2H]C1N(c2ccccc2C)C(C)=C2c3ccccc3C(C)(C3CCCC3)N21. The Bertz CT molecular complexity index is 927. The molecule has 3 aliphatic rings. The maximum atomic E-state index is 9.29. The van der Waals surface area contributed by atoms with Crippen LogP contribution in [0.5, 0.6) is 0 Å². The molecule has 1 aliphatic carbocycles. The lowest BCUT2D eigenvalue weighted by atomic mass is 9.78. The third-order valence-corrected chi connectivity index (χ3v) is 6.93. The van der Waals surface area contributed by atoms with Crippen molar-refractivity contribution >= 4 is 11.4 Å². The van der Waals surface area contributed by atoms with Gasteiger partial charge in [0.2, 0.25) is 0 Å². The second kappa shape index (κ2) is 5.64. The Kier molecular flexibility index (Phi) is 3.23. The van der Waals surface area contributed by atoms with Gasteiger partial charge in [-0.3, -0.25) is 0 Å². The number of fused-ring (bicyclic) bond motifs is 3. The molecule has 2 atom stereocenters. The molecule has 5 rings (SSSR count). The summed E-state index contributed by atoms with van der Waals surface area (Å²) in [5.74, 6) is 0.619. The van der Waals surface area contributed by atoms with E-state index in [1.54, 1.807) is 0 Å². The maximum Gasteiger partial charge on any atom is 0.0958 e. The number of hydrogen-bond donors (Lipinski definition) is 0. The number of anilines is 1. The molecule has 2 aromatic rings. The first-order chi connectivity index (χ1) is 13.0. The Hall–Kier alpha value is -2.22. The Morgan fingerprint density at radius 2 is 1.69 bits per heavy atom. The summed E-state index contributed by atoms with van der Waals surface area (Å²) >= 11 is 0. The minimum absolute atomic E-state index is 0.0897. The molecule has 0 bridgehead atoms. The smallest absolute Gasteiger partial charge is 0.0958 e. The van der Waals surface area contributed by atoms with Crippen LogP contribution in [0, 0.1) is 12.8 Å². The molecule has 0 aromatic heterocycles. The van der Waals surface area contributed by atoms with Gasteiger partial charge in [-0.15, -0.1) is 0 Å². The minimum Gasteiger partial charge on any atom is -0.342 e. The molecule has 2 aromatic carbocycles. The number of aryl methyl sites for hydroxylation is 1. The van der Waals surface area contributed by atoms with Gasteiger partial charge in [-0.05, 0) is 56.7 Å². The highest BCUT2D eigenvalue weighted by atomic mass is 15.4. The van der Waals surface area contributed by atoms with Gasteiger partial charge in [-0.25, -0.2) is 0 Å². The Morgan fingerprint density at radius 3 is 2.46 bits per heavy atom. The van der Waals surface area contributed by atoms with Crippen LogP contribution in [0.15, 0.2) is 54.2 Å². The third kappa shape index (κ3) is 1.99. The molecule has 0 saturated heterocycles. The van der Waals surface area contributed by atoms with E-state index in [1.807, 2.05) is 0 Å². The van der Waals surface area contributed by atoms with Gasteiger partial charge in [0.1, 0.15) is 0 Å². The van der Waals surface area contributed by atoms with E-state index in [9.17, 15) is 1.37 Å². The molecule has 0 spiro atoms. The monoisotopic (exact) mass is 345 g/mol. The van der Waals surface area contributed by atoms with E-state index in [1.165, 1.54) is 53.8 Å². The van der Waals surface area contributed by atoms with Crippen molar-refractivity contribution in [3.8, 4) is 0 Å². The lowest BCUT2D eigenvalue weighted by Crippen LogP contribution is -2.45. The molecule has 2 heterocycles. The molecular formula is C24H28N2. The second-order valence-corrected chi connectivity index (χ2v) is 8.25. The first-order valence-corrected chi connectivity index (χ1v) is 9.92. The summed E-state index contributed by atoms with van der Waals surface area (Å²) in [6.07, 6.45) is 5.17. The van der Waals surface area contributed by atoms with E-state index < -0.39 is 6.64 Å². The van der Waals surface area contributed by atoms with Crippen molar-refractivity contribution in [2.75, 3.05) is 11.5 Å². The highest BCUT2D eigenvalue weighted by Crippen LogP contribution is 2.57. The van der Waals surface area contributed by atoms with Gasteiger partial charge < -0.3 is 9.80 Å². The van der Waals surface area contributed by atoms with E-state index in [4.69, 9.17) is 0 Å². The normalized spacial score (nSPS) is 28.6. The van der Waals surface area contributed by atoms with Crippen LogP contribution in [-0.2, 0) is 5.54 Å². The fourth-order valence-corrected chi connectivity index (χ4v) is 5.47. The fourth-order valence-electron chi connectivity index (χ4n) is 5.47. The number of para-hydroxylation sites is 1. The predicted molar refractivity (Wildman–Crippen MR) is 109 cm³/mol. The van der Waals surface area contributed by atoms with Crippen molar-refractivity contribution < 1.29 is 1.37 Å². The molecule has 1 fully saturated rings. The number of hydrogen-bond acceptors (Lipinski definition) is 2. The van der Waals surface area contributed by atoms with E-state index >= 15 is 0 Å². The standard InChI is InChI=1S/C24H28N2/c1-17-10-4-9-15-22(17)25-16-26-23(18(25)2)20-13-7-8-14-21(20)24(26,3)19-11-5-6-12-19/h4,7-10,13-15,19H,5-6,11-12,16H2,1-3H3/i16D. The summed E-state index contributed by atoms with van der Waals surface area (Å²) < 4.78 is 9.29. The summed E-state index contributed by atoms with van der Waals surface area (Å²) in [6.45, 7) is 6.32. The van der Waals surface area contributed by atoms with Crippen LogP contribution >= 0.6 is 0 Å². The summed E-state index contributed by atoms with van der Waals surface area (Å²) in [7, 11) is 0. The van der Waals surface area contributed by atoms with Gasteiger partial charge in [-0.2, -0.15) is 0 Å². The van der Waals surface area contributed by atoms with Crippen molar-refractivity contribution in [3.63, 3.8) is 0 Å². The van der Waals surface area contributed by atoms with E-state index in [0.29, 0.717) is 5.92 Å². The number of nitrogens with zero attached hydrogens (tertiary/aromatic N) is 2. The highest BCUT2D eigenvalue weighted by Gasteiger charge is 2.52. The molecule has 1 saturated carbocycles. The Morgan fingerprint density at radius 1 is 1.00 bits per heavy atom. The Labute approximate surface area is 158 Å². The molecular weight excluding hydrogens is 316 g/mol. The molecule has 26 heavy (non-hydrogen) atoms. The quantitative estimate of drug-likeness (QED) is 0.670. The van der Waals surface area contributed by atoms with Crippen LogP contribution in [-0.4, -0.2) is 11.5 Å². The van der Waals surface area contributed by atoms with Crippen LogP contribution in [0.2, 0.25) is 0 Å². The van der Waals surface area contributed by atoms with Crippen LogP contribution in [0.1, 0.15) is 57.6 Å². The van der Waals surface area contributed by atoms with Crippen LogP contribution < -0.4 is 4.90 Å². The topological polar surface area (TPSA) is 6.48 Å². The van der Waals surface area contributed by atoms with Crippen LogP contribution in [0.25, 0.3) is 5.70 Å². The first kappa shape index (κ1) is 14.9. The number of allylic oxidation sites excluding steroid dienone is 1. The molecule has 2 heteroatoms. The van der Waals surface area contributed by atoms with Crippen LogP contribution in [0.3, 0.4) is 0 Å². The van der Waals surface area contributed by atoms with Crippen molar-refractivity contribution in [2.24, 2.45) is 5.92 Å². The molecule has 0 radical (unpaired) electrons. The maximum absolute atomic E-state index is 9.29. The van der Waals surface area contributed by atoms with Gasteiger partial charge in [-0.1, -0.05) is 55.3 Å². The second-order valence-electron chi connectivity index (χ2n) is 8.25. The summed E-state index contributed by atoms with van der Waals surface area (Å²) in [5.41, 5.74) is 7.52. The molecule has 2 nitrogen and oxygen atoms in total. The number of rotatable bonds is 2. The largest absolute Gasteiger partial charge is 0.342 e. The molecule has 134 valence electrons. The van der Waals surface area contributed by atoms with E-state index in [0.717, 1.165) is 5.69 Å². The van der Waals surface area contributed by atoms with E-state index in [-0.39, 0.29) is 5.54 Å². The zero-order chi connectivity index (χ0) is 18.8. The van der Waals surface area contributed by atoms with E-state index in [2.05, 4.69) is 79.1 Å². The van der Waals surface area contributed by atoms with Gasteiger partial charge >= 0.3 is 0 Å². The molecule has 0 amide bonds. The average Bonchev–Trinajstić information content (AvgIpc) is 3.35. The summed E-state index contributed by atoms with van der Waals surface area (Å²) in [5, 5.41) is 0. The fraction of sp³-hybridized carbons (Fsp3) is 0.417. The lowest BCUT2D eigenvalue weighted by Gasteiger charge is -2.42. The van der Waals surface area contributed by atoms with Gasteiger partial charge in [0.25, 0.3) is 0 Å². The third-order valence-electron chi connectivity index (χ3n) is 6.93. The van der Waals surface area contributed by atoms with Crippen molar-refractivity contribution in [1.29, 1.82) is 0 Å². The van der Waals surface area contributed by atoms with Crippen LogP contribution in [0.4, 0.5) is 5.69 Å². The van der Waals surface area contributed by atoms with Crippen molar-refractivity contribution in [2.45, 2.75) is 52.0 Å². The molecule has 0 N–H and O–H groups in total. The average molecular weight is 346 g/mol. The zero-order valence-corrected chi connectivity index (χ0v) is 16.0. The van der Waals surface area contributed by atoms with Gasteiger partial charge in [0.15, 0.2) is 0 Å². The van der Waals surface area contributed by atoms with Gasteiger partial charge in [0, 0.05) is 16.9 Å². The Balaban J connectivity index is 1.72. The molecule has 2 unspecified atom stereocenters. The zero-order valence-electron chi connectivity index (χ0n) is 17.0. The van der Waals surface area contributed by atoms with Crippen molar-refractivity contribution in [1.82, 2.24) is 4.90 Å². The number of benzene rings is 2. The predicted octanol–water partition coefficient (Wildman–Crippen LogP) is 5.88. The highest BCUT2D eigenvalue weighted by molar-refractivity contribution is 5.82. The first-order valence-electron chi connectivity index (χ1n) is 10.5. The summed E-state index contributed by atoms with van der Waals surface area (Å²) in [6, 6.07) is 17.3. The molecule has 2 aliphatic heterocycles. The van der Waals surface area contributed by atoms with Gasteiger partial charge in [0.05, 0.1) is 19.3 Å². The lowest BCUT2D eigenvalue weighted by molar-refractivity contribution is 0.124. The minimum atomic E-state index is -0.417. The summed E-state index contributed by atoms with van der Waals surface area (Å²) in [4.78, 5) is 4.66.